The van der Waals surface area contributed by atoms with E-state index in [0.29, 0.717) is 29.2 Å². The van der Waals surface area contributed by atoms with Crippen LogP contribution >= 0.6 is 11.6 Å². The lowest BCUT2D eigenvalue weighted by atomic mass is 10.0. The van der Waals surface area contributed by atoms with E-state index in [4.69, 9.17) is 21.1 Å². The molecule has 0 saturated carbocycles. The molecular weight excluding hydrogens is 487 g/mol. The highest BCUT2D eigenvalue weighted by Crippen LogP contribution is 2.30. The van der Waals surface area contributed by atoms with Gasteiger partial charge in [-0.05, 0) is 61.4 Å². The van der Waals surface area contributed by atoms with Crippen LogP contribution < -0.4 is 15.4 Å². The van der Waals surface area contributed by atoms with Crippen molar-refractivity contribution in [2.24, 2.45) is 0 Å². The Labute approximate surface area is 203 Å². The van der Waals surface area contributed by atoms with Crippen LogP contribution in [0.2, 0.25) is 5.02 Å². The van der Waals surface area contributed by atoms with Crippen LogP contribution in [-0.2, 0) is 20.5 Å². The molecule has 1 aromatic heterocycles. The fraction of sp³-hybridized carbons (Fsp3) is 0.292. The molecule has 11 heteroatoms. The molecule has 0 unspecified atom stereocenters. The Morgan fingerprint density at radius 3 is 2.51 bits per heavy atom. The Morgan fingerprint density at radius 1 is 1.09 bits per heavy atom. The fourth-order valence-corrected chi connectivity index (χ4v) is 3.76. The van der Waals surface area contributed by atoms with Gasteiger partial charge in [0, 0.05) is 10.4 Å². The second-order valence-electron chi connectivity index (χ2n) is 8.00. The molecule has 2 atom stereocenters. The number of pyridine rings is 1. The summed E-state index contributed by atoms with van der Waals surface area (Å²) in [6.07, 6.45) is -4.24. The molecule has 2 amide bonds. The van der Waals surface area contributed by atoms with Crippen molar-refractivity contribution in [2.75, 3.05) is 18.5 Å². The van der Waals surface area contributed by atoms with Gasteiger partial charge in [0.05, 0.1) is 23.7 Å². The summed E-state index contributed by atoms with van der Waals surface area (Å²) < 4.78 is 48.7. The second-order valence-corrected chi connectivity index (χ2v) is 8.43. The van der Waals surface area contributed by atoms with Crippen LogP contribution in [0.15, 0.2) is 54.6 Å². The zero-order valence-corrected chi connectivity index (χ0v) is 19.0. The first kappa shape index (κ1) is 24.7. The Balaban J connectivity index is 1.21. The molecule has 1 fully saturated rings. The van der Waals surface area contributed by atoms with Crippen LogP contribution in [0.4, 0.5) is 19.0 Å². The van der Waals surface area contributed by atoms with Gasteiger partial charge < -0.3 is 20.1 Å². The summed E-state index contributed by atoms with van der Waals surface area (Å²) >= 11 is 6.00. The van der Waals surface area contributed by atoms with Crippen LogP contribution in [0.3, 0.4) is 0 Å². The van der Waals surface area contributed by atoms with E-state index >= 15 is 0 Å². The average molecular weight is 508 g/mol. The molecule has 0 aliphatic carbocycles. The van der Waals surface area contributed by atoms with Gasteiger partial charge in [0.2, 0.25) is 0 Å². The Kier molecular flexibility index (Phi) is 7.42. The molecule has 0 bridgehead atoms. The average Bonchev–Trinajstić information content (AvgIpc) is 2.82. The third kappa shape index (κ3) is 6.61. The topological polar surface area (TPSA) is 89.5 Å². The molecule has 2 N–H and O–H groups in total. The van der Waals surface area contributed by atoms with Gasteiger partial charge in [-0.2, -0.15) is 13.2 Å². The van der Waals surface area contributed by atoms with E-state index in [1.165, 1.54) is 0 Å². The molecule has 4 rings (SSSR count). The standard InChI is InChI=1S/C24H21ClF3N3O4/c25-16-5-1-14-2-10-21(30-19(14)11-16)31-23(33)20-9-6-17(12-35-20)29-22(32)13-34-18-7-3-15(4-8-18)24(26,27)28/h1-5,7-8,10-11,17,20H,6,9,12-13H2,(H,29,32)(H,30,31,33)/t17-,20+/m0/s1. The van der Waals surface area contributed by atoms with Crippen LogP contribution in [-0.4, -0.2) is 42.2 Å². The number of benzene rings is 2. The summed E-state index contributed by atoms with van der Waals surface area (Å²) in [5, 5.41) is 6.90. The number of carbonyl (C=O) groups is 2. The maximum absolute atomic E-state index is 12.6. The Morgan fingerprint density at radius 2 is 1.83 bits per heavy atom. The van der Waals surface area contributed by atoms with Gasteiger partial charge in [-0.15, -0.1) is 0 Å². The Bertz CT molecular complexity index is 1210. The molecule has 1 saturated heterocycles. The lowest BCUT2D eigenvalue weighted by Crippen LogP contribution is -2.47. The highest BCUT2D eigenvalue weighted by Gasteiger charge is 2.30. The third-order valence-corrected chi connectivity index (χ3v) is 5.63. The normalized spacial score (nSPS) is 18.2. The van der Waals surface area contributed by atoms with Crippen molar-refractivity contribution in [3.8, 4) is 5.75 Å². The number of anilines is 1. The van der Waals surface area contributed by atoms with Gasteiger partial charge in [-0.3, -0.25) is 9.59 Å². The minimum absolute atomic E-state index is 0.130. The van der Waals surface area contributed by atoms with Crippen molar-refractivity contribution in [2.45, 2.75) is 31.2 Å². The minimum Gasteiger partial charge on any atom is -0.484 e. The largest absolute Gasteiger partial charge is 0.484 e. The van der Waals surface area contributed by atoms with Crippen molar-refractivity contribution in [1.29, 1.82) is 0 Å². The number of nitrogens with one attached hydrogen (secondary N) is 2. The van der Waals surface area contributed by atoms with Gasteiger partial charge >= 0.3 is 6.18 Å². The van der Waals surface area contributed by atoms with Gasteiger partial charge in [0.15, 0.2) is 6.61 Å². The van der Waals surface area contributed by atoms with E-state index in [0.717, 1.165) is 29.7 Å². The van der Waals surface area contributed by atoms with Crippen molar-refractivity contribution in [1.82, 2.24) is 10.3 Å². The minimum atomic E-state index is -4.44. The summed E-state index contributed by atoms with van der Waals surface area (Å²) in [6.45, 7) is -0.228. The van der Waals surface area contributed by atoms with Crippen LogP contribution in [0.5, 0.6) is 5.75 Å². The first-order chi connectivity index (χ1) is 16.7. The summed E-state index contributed by atoms with van der Waals surface area (Å²) in [6, 6.07) is 12.6. The smallest absolute Gasteiger partial charge is 0.416 e. The maximum atomic E-state index is 12.6. The van der Waals surface area contributed by atoms with E-state index < -0.39 is 23.8 Å². The number of hydrogen-bond acceptors (Lipinski definition) is 5. The zero-order valence-electron chi connectivity index (χ0n) is 18.3. The number of hydrogen-bond donors (Lipinski definition) is 2. The summed E-state index contributed by atoms with van der Waals surface area (Å²) in [5.41, 5.74) is -0.144. The van der Waals surface area contributed by atoms with E-state index in [9.17, 15) is 22.8 Å². The number of aromatic nitrogens is 1. The number of amides is 2. The lowest BCUT2D eigenvalue weighted by molar-refractivity contribution is -0.137. The molecule has 0 radical (unpaired) electrons. The van der Waals surface area contributed by atoms with E-state index in [1.54, 1.807) is 18.2 Å². The molecule has 7 nitrogen and oxygen atoms in total. The predicted octanol–water partition coefficient (Wildman–Crippen LogP) is 4.59. The monoisotopic (exact) mass is 507 g/mol. The molecule has 0 spiro atoms. The predicted molar refractivity (Wildman–Crippen MR) is 123 cm³/mol. The van der Waals surface area contributed by atoms with E-state index in [1.807, 2.05) is 12.1 Å². The van der Waals surface area contributed by atoms with Crippen LogP contribution in [0.25, 0.3) is 10.9 Å². The molecule has 2 aromatic carbocycles. The summed E-state index contributed by atoms with van der Waals surface area (Å²) in [4.78, 5) is 29.1. The Hall–Kier alpha value is -3.37. The zero-order chi connectivity index (χ0) is 25.0. The molecule has 184 valence electrons. The van der Waals surface area contributed by atoms with E-state index in [-0.39, 0.29) is 30.9 Å². The number of rotatable bonds is 6. The van der Waals surface area contributed by atoms with Gasteiger partial charge in [-0.1, -0.05) is 17.7 Å². The molecule has 1 aliphatic heterocycles. The second kappa shape index (κ2) is 10.5. The number of halogens is 4. The molecule has 3 aromatic rings. The number of nitrogens with zero attached hydrogens (tertiary/aromatic N) is 1. The van der Waals surface area contributed by atoms with Crippen LogP contribution in [0.1, 0.15) is 18.4 Å². The number of carbonyl (C=O) groups excluding carboxylic acids is 2. The van der Waals surface area contributed by atoms with Crippen molar-refractivity contribution in [3.63, 3.8) is 0 Å². The van der Waals surface area contributed by atoms with Gasteiger partial charge in [-0.25, -0.2) is 4.98 Å². The first-order valence-corrected chi connectivity index (χ1v) is 11.1. The molecular formula is C24H21ClF3N3O4. The SMILES string of the molecule is O=C(COc1ccc(C(F)(F)F)cc1)N[C@H]1CC[C@H](C(=O)Nc2ccc3ccc(Cl)cc3n2)OC1. The third-order valence-electron chi connectivity index (χ3n) is 5.39. The number of fused-ring (bicyclic) bond motifs is 1. The summed E-state index contributed by atoms with van der Waals surface area (Å²) in [5.74, 6) is -0.256. The van der Waals surface area contributed by atoms with Gasteiger partial charge in [0.25, 0.3) is 11.8 Å². The quantitative estimate of drug-likeness (QED) is 0.509. The number of ether oxygens (including phenoxy) is 2. The van der Waals surface area contributed by atoms with Crippen molar-refractivity contribution >= 4 is 40.1 Å². The fourth-order valence-electron chi connectivity index (χ4n) is 3.60. The van der Waals surface area contributed by atoms with Crippen molar-refractivity contribution < 1.29 is 32.2 Å². The number of alkyl halides is 3. The summed E-state index contributed by atoms with van der Waals surface area (Å²) in [7, 11) is 0. The van der Waals surface area contributed by atoms with Crippen LogP contribution in [0, 0.1) is 0 Å². The van der Waals surface area contributed by atoms with E-state index in [2.05, 4.69) is 15.6 Å². The lowest BCUT2D eigenvalue weighted by Gasteiger charge is -2.28. The molecule has 35 heavy (non-hydrogen) atoms. The van der Waals surface area contributed by atoms with Gasteiger partial charge in [0.1, 0.15) is 17.7 Å². The molecule has 1 aliphatic rings. The highest BCUT2D eigenvalue weighted by atomic mass is 35.5. The first-order valence-electron chi connectivity index (χ1n) is 10.8. The van der Waals surface area contributed by atoms with Crippen molar-refractivity contribution in [3.05, 3.63) is 65.2 Å². The highest BCUT2D eigenvalue weighted by molar-refractivity contribution is 6.31. The molecule has 2 heterocycles. The maximum Gasteiger partial charge on any atom is 0.416 e.